The Bertz CT molecular complexity index is 1200. The second-order valence-electron chi connectivity index (χ2n) is 9.64. The Hall–Kier alpha value is -2.41. The second kappa shape index (κ2) is 8.75. The molecule has 1 unspecified atom stereocenters. The molecule has 3 aromatic rings. The predicted octanol–water partition coefficient (Wildman–Crippen LogP) is 4.93. The zero-order chi connectivity index (χ0) is 23.2. The number of likely N-dealkylation sites (N-methyl/N-ethyl adjacent to an activating group) is 1. The lowest BCUT2D eigenvalue weighted by Crippen LogP contribution is -2.31. The van der Waals surface area contributed by atoms with E-state index >= 15 is 0 Å². The largest absolute Gasteiger partial charge is 0.351 e. The van der Waals surface area contributed by atoms with E-state index in [2.05, 4.69) is 48.6 Å². The van der Waals surface area contributed by atoms with E-state index in [1.807, 2.05) is 29.2 Å². The molecule has 0 spiro atoms. The van der Waals surface area contributed by atoms with E-state index in [0.717, 1.165) is 22.3 Å². The molecule has 1 aliphatic carbocycles. The van der Waals surface area contributed by atoms with Gasteiger partial charge in [-0.15, -0.1) is 11.3 Å². The third-order valence-electron chi connectivity index (χ3n) is 6.73. The van der Waals surface area contributed by atoms with Gasteiger partial charge in [0.25, 0.3) is 5.91 Å². The minimum atomic E-state index is -0.0989. The number of fused-ring (bicyclic) bond motifs is 1. The number of hydrogen-bond donors (Lipinski definition) is 1. The van der Waals surface area contributed by atoms with Crippen LogP contribution in [0.25, 0.3) is 10.1 Å². The van der Waals surface area contributed by atoms with Gasteiger partial charge in [0.05, 0.1) is 4.88 Å². The molecule has 2 amide bonds. The van der Waals surface area contributed by atoms with Crippen molar-refractivity contribution in [3.8, 4) is 0 Å². The number of nitrogens with one attached hydrogen (secondary N) is 1. The van der Waals surface area contributed by atoms with E-state index in [1.54, 1.807) is 0 Å². The van der Waals surface area contributed by atoms with Crippen molar-refractivity contribution < 1.29 is 9.59 Å². The molecule has 1 saturated heterocycles. The lowest BCUT2D eigenvalue weighted by Gasteiger charge is -2.22. The van der Waals surface area contributed by atoms with E-state index < -0.39 is 0 Å². The number of carbonyl (C=O) groups excluding carboxylic acids is 2. The highest BCUT2D eigenvalue weighted by molar-refractivity contribution is 7.20. The Labute approximate surface area is 203 Å². The Kier molecular flexibility index (Phi) is 5.93. The first-order valence-electron chi connectivity index (χ1n) is 11.4. The van der Waals surface area contributed by atoms with Crippen LogP contribution >= 0.6 is 22.9 Å². The molecule has 1 saturated carbocycles. The van der Waals surface area contributed by atoms with Gasteiger partial charge in [0.15, 0.2) is 0 Å². The minimum absolute atomic E-state index is 0.0989. The van der Waals surface area contributed by atoms with Crippen molar-refractivity contribution in [3.05, 3.63) is 64.0 Å². The van der Waals surface area contributed by atoms with E-state index in [1.165, 1.54) is 29.7 Å². The van der Waals surface area contributed by atoms with Crippen molar-refractivity contribution in [3.63, 3.8) is 0 Å². The first kappa shape index (κ1) is 22.4. The standard InChI is InChI=1S/C26H28ClN3O2S/c1-29(2)16-26(9-10-26)19-4-7-21(8-5-19)30-15-17(11-24(30)31)14-28-25(32)23-12-18-3-6-20(27)13-22(18)33-23/h3-8,12-13,17H,9-11,14-16H2,1-2H3,(H,28,32). The summed E-state index contributed by atoms with van der Waals surface area (Å²) in [5.74, 6) is 0.125. The summed E-state index contributed by atoms with van der Waals surface area (Å²) >= 11 is 7.49. The van der Waals surface area contributed by atoms with Crippen LogP contribution in [0.2, 0.25) is 5.02 Å². The fourth-order valence-corrected chi connectivity index (χ4v) is 6.15. The molecule has 2 aliphatic rings. The molecule has 5 rings (SSSR count). The zero-order valence-corrected chi connectivity index (χ0v) is 20.5. The van der Waals surface area contributed by atoms with Crippen LogP contribution in [0.5, 0.6) is 0 Å². The number of rotatable bonds is 7. The van der Waals surface area contributed by atoms with Crippen LogP contribution in [-0.2, 0) is 10.2 Å². The molecule has 1 N–H and O–H groups in total. The first-order chi connectivity index (χ1) is 15.8. The number of carbonyl (C=O) groups is 2. The van der Waals surface area contributed by atoms with Crippen LogP contribution in [-0.4, -0.2) is 50.4 Å². The fourth-order valence-electron chi connectivity index (χ4n) is 4.90. The Balaban J connectivity index is 1.19. The van der Waals surface area contributed by atoms with Crippen molar-refractivity contribution >= 4 is 50.5 Å². The normalized spacial score (nSPS) is 19.5. The van der Waals surface area contributed by atoms with E-state index in [-0.39, 0.29) is 23.1 Å². The number of benzene rings is 2. The molecule has 7 heteroatoms. The number of anilines is 1. The Morgan fingerprint density at radius 1 is 1.18 bits per heavy atom. The van der Waals surface area contributed by atoms with E-state index in [9.17, 15) is 9.59 Å². The van der Waals surface area contributed by atoms with Gasteiger partial charge in [0.1, 0.15) is 0 Å². The van der Waals surface area contributed by atoms with Crippen molar-refractivity contribution in [1.29, 1.82) is 0 Å². The number of thiophene rings is 1. The molecule has 172 valence electrons. The monoisotopic (exact) mass is 481 g/mol. The van der Waals surface area contributed by atoms with Crippen LogP contribution in [0.3, 0.4) is 0 Å². The Morgan fingerprint density at radius 2 is 1.94 bits per heavy atom. The molecule has 1 aliphatic heterocycles. The molecule has 2 heterocycles. The molecule has 5 nitrogen and oxygen atoms in total. The molecule has 33 heavy (non-hydrogen) atoms. The third-order valence-corrected chi connectivity index (χ3v) is 8.06. The number of halogens is 1. The summed E-state index contributed by atoms with van der Waals surface area (Å²) in [6, 6.07) is 16.0. The summed E-state index contributed by atoms with van der Waals surface area (Å²) in [4.78, 5) is 30.1. The maximum atomic E-state index is 12.7. The second-order valence-corrected chi connectivity index (χ2v) is 11.2. The highest BCUT2D eigenvalue weighted by atomic mass is 35.5. The molecule has 2 aromatic carbocycles. The van der Waals surface area contributed by atoms with Gasteiger partial charge in [0.2, 0.25) is 5.91 Å². The van der Waals surface area contributed by atoms with Crippen LogP contribution < -0.4 is 10.2 Å². The maximum absolute atomic E-state index is 12.7. The maximum Gasteiger partial charge on any atom is 0.261 e. The van der Waals surface area contributed by atoms with Crippen molar-refractivity contribution in [2.75, 3.05) is 38.6 Å². The van der Waals surface area contributed by atoms with Crippen molar-refractivity contribution in [2.24, 2.45) is 5.92 Å². The topological polar surface area (TPSA) is 52.6 Å². The van der Waals surface area contributed by atoms with E-state index in [0.29, 0.717) is 29.4 Å². The first-order valence-corrected chi connectivity index (χ1v) is 12.6. The number of amides is 2. The SMILES string of the molecule is CN(C)CC1(c2ccc(N3CC(CNC(=O)c4cc5ccc(Cl)cc5s4)CC3=O)cc2)CC1. The average molecular weight is 482 g/mol. The average Bonchev–Trinajstić information content (AvgIpc) is 3.27. The smallest absolute Gasteiger partial charge is 0.261 e. The summed E-state index contributed by atoms with van der Waals surface area (Å²) < 4.78 is 0.997. The highest BCUT2D eigenvalue weighted by Crippen LogP contribution is 2.48. The van der Waals surface area contributed by atoms with Gasteiger partial charge >= 0.3 is 0 Å². The molecular weight excluding hydrogens is 454 g/mol. The van der Waals surface area contributed by atoms with Crippen molar-refractivity contribution in [1.82, 2.24) is 10.2 Å². The van der Waals surface area contributed by atoms with Crippen LogP contribution in [0.4, 0.5) is 5.69 Å². The molecule has 0 bridgehead atoms. The predicted molar refractivity (Wildman–Crippen MR) is 136 cm³/mol. The quantitative estimate of drug-likeness (QED) is 0.520. The summed E-state index contributed by atoms with van der Waals surface area (Å²) in [5, 5.41) is 4.70. The molecule has 2 fully saturated rings. The van der Waals surface area contributed by atoms with Crippen LogP contribution in [0.15, 0.2) is 48.5 Å². The Morgan fingerprint density at radius 3 is 2.64 bits per heavy atom. The fraction of sp³-hybridized carbons (Fsp3) is 0.385. The highest BCUT2D eigenvalue weighted by Gasteiger charge is 2.44. The third kappa shape index (κ3) is 4.65. The van der Waals surface area contributed by atoms with Crippen molar-refractivity contribution in [2.45, 2.75) is 24.7 Å². The molecule has 0 radical (unpaired) electrons. The van der Waals surface area contributed by atoms with Gasteiger partial charge in [-0.3, -0.25) is 9.59 Å². The lowest BCUT2D eigenvalue weighted by molar-refractivity contribution is -0.117. The van der Waals surface area contributed by atoms with Gasteiger partial charge in [0, 0.05) is 52.8 Å². The van der Waals surface area contributed by atoms with Gasteiger partial charge in [-0.25, -0.2) is 0 Å². The molecule has 1 atom stereocenters. The van der Waals surface area contributed by atoms with E-state index in [4.69, 9.17) is 11.6 Å². The lowest BCUT2D eigenvalue weighted by atomic mass is 9.95. The molecular formula is C26H28ClN3O2S. The van der Waals surface area contributed by atoms with Crippen LogP contribution in [0.1, 0.15) is 34.5 Å². The summed E-state index contributed by atoms with van der Waals surface area (Å²) in [7, 11) is 4.24. The molecule has 1 aromatic heterocycles. The van der Waals surface area contributed by atoms with Crippen LogP contribution in [0, 0.1) is 5.92 Å². The summed E-state index contributed by atoms with van der Waals surface area (Å²) in [5.41, 5.74) is 2.58. The van der Waals surface area contributed by atoms with Gasteiger partial charge in [-0.1, -0.05) is 29.8 Å². The summed E-state index contributed by atoms with van der Waals surface area (Å²) in [6.07, 6.45) is 2.90. The number of nitrogens with zero attached hydrogens (tertiary/aromatic N) is 2. The van der Waals surface area contributed by atoms with Gasteiger partial charge < -0.3 is 15.1 Å². The minimum Gasteiger partial charge on any atom is -0.351 e. The van der Waals surface area contributed by atoms with Gasteiger partial charge in [-0.2, -0.15) is 0 Å². The number of hydrogen-bond acceptors (Lipinski definition) is 4. The zero-order valence-electron chi connectivity index (χ0n) is 18.9. The van der Waals surface area contributed by atoms with Gasteiger partial charge in [-0.05, 0) is 68.2 Å². The summed E-state index contributed by atoms with van der Waals surface area (Å²) in [6.45, 7) is 2.17.